The predicted molar refractivity (Wildman–Crippen MR) is 61.0 cm³/mol. The van der Waals surface area contributed by atoms with Crippen molar-refractivity contribution in [3.63, 3.8) is 0 Å². The minimum atomic E-state index is -0.292. The average Bonchev–Trinajstić information content (AvgIpc) is 2.18. The molecule has 4 heteroatoms. The van der Waals surface area contributed by atoms with Gasteiger partial charge >= 0.3 is 0 Å². The topological polar surface area (TPSA) is 49.3 Å². The van der Waals surface area contributed by atoms with Crippen LogP contribution in [0.4, 0.5) is 5.95 Å². The Morgan fingerprint density at radius 2 is 2.20 bits per heavy atom. The Morgan fingerprint density at radius 3 is 2.80 bits per heavy atom. The van der Waals surface area contributed by atoms with Crippen molar-refractivity contribution in [1.29, 1.82) is 0 Å². The molecule has 1 aromatic heterocycles. The zero-order valence-corrected chi connectivity index (χ0v) is 9.64. The molecule has 4 nitrogen and oxygen atoms in total. The van der Waals surface area contributed by atoms with E-state index in [4.69, 9.17) is 0 Å². The first-order valence-corrected chi connectivity index (χ1v) is 5.30. The molecule has 15 heavy (non-hydrogen) atoms. The number of nitrogens with zero attached hydrogens (tertiary/aromatic N) is 3. The zero-order valence-electron chi connectivity index (χ0n) is 9.64. The summed E-state index contributed by atoms with van der Waals surface area (Å²) >= 11 is 0. The van der Waals surface area contributed by atoms with Gasteiger partial charge in [0.2, 0.25) is 5.95 Å². The first-order chi connectivity index (χ1) is 7.13. The van der Waals surface area contributed by atoms with Crippen molar-refractivity contribution >= 4 is 5.95 Å². The normalized spacial score (nSPS) is 12.5. The van der Waals surface area contributed by atoms with Gasteiger partial charge in [0, 0.05) is 32.4 Å². The van der Waals surface area contributed by atoms with E-state index in [0.717, 1.165) is 18.5 Å². The van der Waals surface area contributed by atoms with Crippen molar-refractivity contribution in [2.45, 2.75) is 32.3 Å². The second-order valence-electron chi connectivity index (χ2n) is 3.89. The van der Waals surface area contributed by atoms with Gasteiger partial charge in [-0.2, -0.15) is 0 Å². The number of anilines is 1. The Balaban J connectivity index is 2.65. The average molecular weight is 209 g/mol. The SMILES string of the molecule is CCCC(O)Cc1ccnc(N(C)C)n1. The Labute approximate surface area is 91.0 Å². The summed E-state index contributed by atoms with van der Waals surface area (Å²) in [6.45, 7) is 2.06. The highest BCUT2D eigenvalue weighted by Gasteiger charge is 2.07. The third-order valence-electron chi connectivity index (χ3n) is 2.17. The Bertz CT molecular complexity index is 302. The number of aromatic nitrogens is 2. The third-order valence-corrected chi connectivity index (χ3v) is 2.17. The summed E-state index contributed by atoms with van der Waals surface area (Å²) in [6, 6.07) is 1.85. The first kappa shape index (κ1) is 11.9. The lowest BCUT2D eigenvalue weighted by Gasteiger charge is -2.12. The summed E-state index contributed by atoms with van der Waals surface area (Å²) in [5, 5.41) is 9.66. The lowest BCUT2D eigenvalue weighted by atomic mass is 10.1. The Morgan fingerprint density at radius 1 is 1.47 bits per heavy atom. The molecule has 0 radical (unpaired) electrons. The van der Waals surface area contributed by atoms with Crippen LogP contribution >= 0.6 is 0 Å². The first-order valence-electron chi connectivity index (χ1n) is 5.30. The fraction of sp³-hybridized carbons (Fsp3) is 0.636. The standard InChI is InChI=1S/C11H19N3O/c1-4-5-10(15)8-9-6-7-12-11(13-9)14(2)3/h6-7,10,15H,4-5,8H2,1-3H3. The fourth-order valence-corrected chi connectivity index (χ4v) is 1.39. The smallest absolute Gasteiger partial charge is 0.224 e. The summed E-state index contributed by atoms with van der Waals surface area (Å²) in [5.41, 5.74) is 0.898. The number of hydrogen-bond donors (Lipinski definition) is 1. The summed E-state index contributed by atoms with van der Waals surface area (Å²) in [7, 11) is 3.81. The van der Waals surface area contributed by atoms with E-state index in [2.05, 4.69) is 16.9 Å². The summed E-state index contributed by atoms with van der Waals surface area (Å²) in [5.74, 6) is 0.691. The van der Waals surface area contributed by atoms with Crippen molar-refractivity contribution in [3.8, 4) is 0 Å². The highest BCUT2D eigenvalue weighted by atomic mass is 16.3. The molecular formula is C11H19N3O. The lowest BCUT2D eigenvalue weighted by Crippen LogP contribution is -2.16. The van der Waals surface area contributed by atoms with Gasteiger partial charge in [0.15, 0.2) is 0 Å². The zero-order chi connectivity index (χ0) is 11.3. The minimum Gasteiger partial charge on any atom is -0.393 e. The molecule has 1 rings (SSSR count). The van der Waals surface area contributed by atoms with Crippen LogP contribution in [-0.4, -0.2) is 35.3 Å². The molecule has 0 spiro atoms. The largest absolute Gasteiger partial charge is 0.393 e. The second-order valence-corrected chi connectivity index (χ2v) is 3.89. The maximum absolute atomic E-state index is 9.66. The van der Waals surface area contributed by atoms with Crippen LogP contribution in [0.25, 0.3) is 0 Å². The van der Waals surface area contributed by atoms with Gasteiger partial charge in [-0.05, 0) is 12.5 Å². The molecule has 0 aliphatic rings. The van der Waals surface area contributed by atoms with E-state index in [9.17, 15) is 5.11 Å². The quantitative estimate of drug-likeness (QED) is 0.793. The molecule has 0 amide bonds. The van der Waals surface area contributed by atoms with Gasteiger partial charge in [0.05, 0.1) is 6.10 Å². The van der Waals surface area contributed by atoms with Crippen molar-refractivity contribution in [2.24, 2.45) is 0 Å². The van der Waals surface area contributed by atoms with E-state index < -0.39 is 0 Å². The molecular weight excluding hydrogens is 190 g/mol. The van der Waals surface area contributed by atoms with Crippen LogP contribution in [0.3, 0.4) is 0 Å². The van der Waals surface area contributed by atoms with E-state index in [1.54, 1.807) is 6.20 Å². The van der Waals surface area contributed by atoms with Gasteiger partial charge < -0.3 is 10.0 Å². The molecule has 0 fully saturated rings. The summed E-state index contributed by atoms with van der Waals surface area (Å²) in [6.07, 6.45) is 3.86. The highest BCUT2D eigenvalue weighted by molar-refractivity contribution is 5.27. The van der Waals surface area contributed by atoms with E-state index in [1.165, 1.54) is 0 Å². The van der Waals surface area contributed by atoms with Gasteiger partial charge in [-0.3, -0.25) is 0 Å². The maximum Gasteiger partial charge on any atom is 0.224 e. The Hall–Kier alpha value is -1.16. The third kappa shape index (κ3) is 3.83. The molecule has 84 valence electrons. The maximum atomic E-state index is 9.66. The van der Waals surface area contributed by atoms with E-state index in [1.807, 2.05) is 25.1 Å². The van der Waals surface area contributed by atoms with Gasteiger partial charge in [0.25, 0.3) is 0 Å². The summed E-state index contributed by atoms with van der Waals surface area (Å²) < 4.78 is 0. The number of hydrogen-bond acceptors (Lipinski definition) is 4. The van der Waals surface area contributed by atoms with Crippen molar-refractivity contribution in [2.75, 3.05) is 19.0 Å². The Kier molecular flexibility index (Phi) is 4.49. The van der Waals surface area contributed by atoms with Gasteiger partial charge in [-0.1, -0.05) is 13.3 Å². The molecule has 1 N–H and O–H groups in total. The van der Waals surface area contributed by atoms with Crippen molar-refractivity contribution in [3.05, 3.63) is 18.0 Å². The molecule has 0 aliphatic carbocycles. The molecule has 1 unspecified atom stereocenters. The fourth-order valence-electron chi connectivity index (χ4n) is 1.39. The van der Waals surface area contributed by atoms with Crippen LogP contribution in [0, 0.1) is 0 Å². The van der Waals surface area contributed by atoms with Crippen LogP contribution in [0.15, 0.2) is 12.3 Å². The van der Waals surface area contributed by atoms with Crippen LogP contribution in [0.2, 0.25) is 0 Å². The lowest BCUT2D eigenvalue weighted by molar-refractivity contribution is 0.162. The predicted octanol–water partition coefficient (Wildman–Crippen LogP) is 1.25. The summed E-state index contributed by atoms with van der Waals surface area (Å²) in [4.78, 5) is 10.3. The monoisotopic (exact) mass is 209 g/mol. The molecule has 1 atom stereocenters. The van der Waals surface area contributed by atoms with Gasteiger partial charge in [-0.15, -0.1) is 0 Å². The second kappa shape index (κ2) is 5.66. The van der Waals surface area contributed by atoms with Gasteiger partial charge in [-0.25, -0.2) is 9.97 Å². The van der Waals surface area contributed by atoms with Crippen LogP contribution in [0.5, 0.6) is 0 Å². The molecule has 1 aromatic rings. The number of aliphatic hydroxyl groups excluding tert-OH is 1. The van der Waals surface area contributed by atoms with Gasteiger partial charge in [0.1, 0.15) is 0 Å². The van der Waals surface area contributed by atoms with Crippen molar-refractivity contribution in [1.82, 2.24) is 9.97 Å². The van der Waals surface area contributed by atoms with Crippen LogP contribution < -0.4 is 4.90 Å². The van der Waals surface area contributed by atoms with Crippen LogP contribution in [-0.2, 0) is 6.42 Å². The highest BCUT2D eigenvalue weighted by Crippen LogP contribution is 2.08. The van der Waals surface area contributed by atoms with Crippen LogP contribution in [0.1, 0.15) is 25.5 Å². The number of rotatable bonds is 5. The van der Waals surface area contributed by atoms with E-state index in [-0.39, 0.29) is 6.10 Å². The minimum absolute atomic E-state index is 0.292. The molecule has 1 heterocycles. The molecule has 0 saturated heterocycles. The molecule has 0 aromatic carbocycles. The molecule has 0 bridgehead atoms. The molecule has 0 saturated carbocycles. The van der Waals surface area contributed by atoms with E-state index in [0.29, 0.717) is 12.4 Å². The van der Waals surface area contributed by atoms with Crippen molar-refractivity contribution < 1.29 is 5.11 Å². The number of aliphatic hydroxyl groups is 1. The van der Waals surface area contributed by atoms with E-state index >= 15 is 0 Å². The molecule has 0 aliphatic heterocycles.